The number of phenols is 2. The molecule has 6 nitrogen and oxygen atoms in total. The third kappa shape index (κ3) is 2.85. The molecule has 5 N–H and O–H groups in total. The molecule has 0 spiro atoms. The Bertz CT molecular complexity index is 381. The molecule has 0 fully saturated rings. The molecule has 0 radical (unpaired) electrons. The number of carbonyl (C=O) groups excluding carboxylic acids is 1. The topological polar surface area (TPSA) is 105 Å². The van der Waals surface area contributed by atoms with Crippen LogP contribution in [0.2, 0.25) is 0 Å². The molecule has 1 aromatic carbocycles. The summed E-state index contributed by atoms with van der Waals surface area (Å²) < 4.78 is 4.54. The van der Waals surface area contributed by atoms with Crippen molar-refractivity contribution < 1.29 is 19.7 Å². The lowest BCUT2D eigenvalue weighted by Crippen LogP contribution is -2.43. The molecule has 1 aromatic rings. The van der Waals surface area contributed by atoms with E-state index in [-0.39, 0.29) is 17.9 Å². The molecule has 0 heterocycles. The lowest BCUT2D eigenvalue weighted by molar-refractivity contribution is -0.143. The van der Waals surface area contributed by atoms with Gasteiger partial charge in [0.15, 0.2) is 11.5 Å². The summed E-state index contributed by atoms with van der Waals surface area (Å²) in [6.45, 7) is 0. The second kappa shape index (κ2) is 5.34. The first-order valence-electron chi connectivity index (χ1n) is 4.63. The van der Waals surface area contributed by atoms with Crippen LogP contribution in [0.1, 0.15) is 5.56 Å². The number of phenolic OH excluding ortho intramolecular Hbond substituents is 2. The summed E-state index contributed by atoms with van der Waals surface area (Å²) in [5.74, 6) is 4.26. The van der Waals surface area contributed by atoms with Crippen LogP contribution in [0.25, 0.3) is 0 Å². The van der Waals surface area contributed by atoms with Gasteiger partial charge >= 0.3 is 5.97 Å². The molecule has 0 aliphatic heterocycles. The van der Waals surface area contributed by atoms with Gasteiger partial charge in [0, 0.05) is 0 Å². The molecule has 88 valence electrons. The first-order valence-corrected chi connectivity index (χ1v) is 4.63. The Morgan fingerprint density at radius 2 is 2.19 bits per heavy atom. The van der Waals surface area contributed by atoms with E-state index in [0.29, 0.717) is 5.56 Å². The summed E-state index contributed by atoms with van der Waals surface area (Å²) in [7, 11) is 1.26. The molecule has 0 aliphatic carbocycles. The molecule has 0 bridgehead atoms. The van der Waals surface area contributed by atoms with Crippen molar-refractivity contribution in [3.05, 3.63) is 23.8 Å². The first-order chi connectivity index (χ1) is 7.58. The molecule has 1 rings (SSSR count). The van der Waals surface area contributed by atoms with E-state index in [9.17, 15) is 9.90 Å². The third-order valence-corrected chi connectivity index (χ3v) is 2.17. The highest BCUT2D eigenvalue weighted by atomic mass is 16.5. The predicted octanol–water partition coefficient (Wildman–Crippen LogP) is -0.355. The fourth-order valence-electron chi connectivity index (χ4n) is 1.28. The van der Waals surface area contributed by atoms with E-state index in [1.165, 1.54) is 19.2 Å². The molecular weight excluding hydrogens is 212 g/mol. The van der Waals surface area contributed by atoms with Gasteiger partial charge in [-0.1, -0.05) is 6.07 Å². The number of hydrogen-bond acceptors (Lipinski definition) is 6. The number of nitrogens with one attached hydrogen (secondary N) is 1. The van der Waals surface area contributed by atoms with Crippen molar-refractivity contribution in [2.45, 2.75) is 12.5 Å². The fourth-order valence-corrected chi connectivity index (χ4v) is 1.28. The fraction of sp³-hybridized carbons (Fsp3) is 0.300. The van der Waals surface area contributed by atoms with Gasteiger partial charge in [0.2, 0.25) is 0 Å². The van der Waals surface area contributed by atoms with Crippen molar-refractivity contribution in [2.75, 3.05) is 7.11 Å². The van der Waals surface area contributed by atoms with Gasteiger partial charge in [-0.25, -0.2) is 5.43 Å². The third-order valence-electron chi connectivity index (χ3n) is 2.17. The van der Waals surface area contributed by atoms with Crippen LogP contribution in [0.4, 0.5) is 0 Å². The monoisotopic (exact) mass is 226 g/mol. The Balaban J connectivity index is 2.78. The van der Waals surface area contributed by atoms with E-state index < -0.39 is 12.0 Å². The molecule has 0 amide bonds. The maximum Gasteiger partial charge on any atom is 0.324 e. The minimum Gasteiger partial charge on any atom is -0.504 e. The van der Waals surface area contributed by atoms with Crippen LogP contribution in [0.3, 0.4) is 0 Å². The number of benzene rings is 1. The zero-order chi connectivity index (χ0) is 12.1. The Hall–Kier alpha value is -1.79. The summed E-state index contributed by atoms with van der Waals surface area (Å²) in [4.78, 5) is 11.2. The minimum absolute atomic E-state index is 0.209. The molecule has 1 unspecified atom stereocenters. The molecule has 0 aromatic heterocycles. The second-order valence-corrected chi connectivity index (χ2v) is 3.27. The Kier molecular flexibility index (Phi) is 4.10. The molecule has 16 heavy (non-hydrogen) atoms. The van der Waals surface area contributed by atoms with Crippen molar-refractivity contribution in [3.63, 3.8) is 0 Å². The SMILES string of the molecule is COC(=O)C(Cc1ccc(O)c(O)c1)NN. The van der Waals surface area contributed by atoms with Crippen LogP contribution in [0, 0.1) is 0 Å². The summed E-state index contributed by atoms with van der Waals surface area (Å²) >= 11 is 0. The Morgan fingerprint density at radius 3 is 2.69 bits per heavy atom. The summed E-state index contributed by atoms with van der Waals surface area (Å²) in [6.07, 6.45) is 0.261. The smallest absolute Gasteiger partial charge is 0.324 e. The minimum atomic E-state index is -0.686. The van der Waals surface area contributed by atoms with Crippen molar-refractivity contribution in [1.82, 2.24) is 5.43 Å². The first kappa shape index (κ1) is 12.3. The highest BCUT2D eigenvalue weighted by Crippen LogP contribution is 2.25. The number of rotatable bonds is 4. The predicted molar refractivity (Wildman–Crippen MR) is 56.6 cm³/mol. The van der Waals surface area contributed by atoms with Gasteiger partial charge in [-0.15, -0.1) is 0 Å². The maximum atomic E-state index is 11.2. The largest absolute Gasteiger partial charge is 0.504 e. The summed E-state index contributed by atoms with van der Waals surface area (Å²) in [5.41, 5.74) is 2.97. The van der Waals surface area contributed by atoms with Crippen molar-refractivity contribution in [2.24, 2.45) is 5.84 Å². The average molecular weight is 226 g/mol. The van der Waals surface area contributed by atoms with Gasteiger partial charge in [0.25, 0.3) is 0 Å². The van der Waals surface area contributed by atoms with Crippen LogP contribution < -0.4 is 11.3 Å². The Labute approximate surface area is 92.6 Å². The summed E-state index contributed by atoms with van der Waals surface area (Å²) in [6, 6.07) is 3.61. The van der Waals surface area contributed by atoms with Crippen molar-refractivity contribution in [1.29, 1.82) is 0 Å². The van der Waals surface area contributed by atoms with E-state index in [1.807, 2.05) is 0 Å². The van der Waals surface area contributed by atoms with E-state index in [2.05, 4.69) is 10.2 Å². The number of hydrazine groups is 1. The highest BCUT2D eigenvalue weighted by Gasteiger charge is 2.18. The standard InChI is InChI=1S/C10H14N2O4/c1-16-10(15)7(12-11)4-6-2-3-8(13)9(14)5-6/h2-3,5,7,12-14H,4,11H2,1H3. The summed E-state index contributed by atoms with van der Waals surface area (Å²) in [5, 5.41) is 18.4. The number of aromatic hydroxyl groups is 2. The molecule has 0 aliphatic rings. The van der Waals surface area contributed by atoms with Crippen LogP contribution in [0.15, 0.2) is 18.2 Å². The van der Waals surface area contributed by atoms with Gasteiger partial charge in [-0.05, 0) is 24.1 Å². The number of carbonyl (C=O) groups is 1. The maximum absolute atomic E-state index is 11.2. The molecule has 0 saturated heterocycles. The number of methoxy groups -OCH3 is 1. The zero-order valence-electron chi connectivity index (χ0n) is 8.80. The van der Waals surface area contributed by atoms with Gasteiger partial charge < -0.3 is 14.9 Å². The van der Waals surface area contributed by atoms with E-state index >= 15 is 0 Å². The van der Waals surface area contributed by atoms with Crippen molar-refractivity contribution in [3.8, 4) is 11.5 Å². The number of hydrogen-bond donors (Lipinski definition) is 4. The normalized spacial score (nSPS) is 12.1. The highest BCUT2D eigenvalue weighted by molar-refractivity contribution is 5.76. The van der Waals surface area contributed by atoms with Gasteiger partial charge in [0.1, 0.15) is 6.04 Å². The zero-order valence-corrected chi connectivity index (χ0v) is 8.80. The van der Waals surface area contributed by atoms with E-state index in [4.69, 9.17) is 10.9 Å². The number of esters is 1. The van der Waals surface area contributed by atoms with Crippen LogP contribution >= 0.6 is 0 Å². The molecule has 1 atom stereocenters. The number of ether oxygens (including phenoxy) is 1. The molecule has 0 saturated carbocycles. The van der Waals surface area contributed by atoms with E-state index in [1.54, 1.807) is 6.07 Å². The van der Waals surface area contributed by atoms with E-state index in [0.717, 1.165) is 0 Å². The van der Waals surface area contributed by atoms with Gasteiger partial charge in [-0.3, -0.25) is 10.6 Å². The lowest BCUT2D eigenvalue weighted by atomic mass is 10.1. The lowest BCUT2D eigenvalue weighted by Gasteiger charge is -2.13. The van der Waals surface area contributed by atoms with Crippen LogP contribution in [-0.2, 0) is 16.0 Å². The molecule has 6 heteroatoms. The van der Waals surface area contributed by atoms with Gasteiger partial charge in [0.05, 0.1) is 7.11 Å². The quantitative estimate of drug-likeness (QED) is 0.242. The van der Waals surface area contributed by atoms with Crippen molar-refractivity contribution >= 4 is 5.97 Å². The van der Waals surface area contributed by atoms with Crippen LogP contribution in [-0.4, -0.2) is 29.3 Å². The second-order valence-electron chi connectivity index (χ2n) is 3.27. The number of nitrogens with two attached hydrogens (primary N) is 1. The molecular formula is C10H14N2O4. The van der Waals surface area contributed by atoms with Crippen LogP contribution in [0.5, 0.6) is 11.5 Å². The average Bonchev–Trinajstić information content (AvgIpc) is 2.29. The van der Waals surface area contributed by atoms with Gasteiger partial charge in [-0.2, -0.15) is 0 Å². The Morgan fingerprint density at radius 1 is 1.50 bits per heavy atom.